The van der Waals surface area contributed by atoms with E-state index in [0.717, 1.165) is 12.8 Å². The van der Waals surface area contributed by atoms with Crippen molar-refractivity contribution in [3.63, 3.8) is 0 Å². The molecule has 1 aromatic carbocycles. The lowest BCUT2D eigenvalue weighted by Gasteiger charge is -2.29. The quantitative estimate of drug-likeness (QED) is 0.836. The molecule has 0 spiro atoms. The highest BCUT2D eigenvalue weighted by atomic mass is 16.5. The van der Waals surface area contributed by atoms with Gasteiger partial charge in [0.05, 0.1) is 31.9 Å². The number of Topliss-reactive ketones (excluding diaryl/α,β-unsaturated/α-hetero) is 1. The number of ether oxygens (including phenoxy) is 3. The summed E-state index contributed by atoms with van der Waals surface area (Å²) in [5, 5.41) is 10.3. The number of carbonyl (C=O) groups is 2. The molecule has 0 aromatic heterocycles. The number of benzene rings is 1. The summed E-state index contributed by atoms with van der Waals surface area (Å²) in [4.78, 5) is 26.3. The van der Waals surface area contributed by atoms with E-state index in [-0.39, 0.29) is 17.5 Å². The first-order valence-electron chi connectivity index (χ1n) is 8.56. The van der Waals surface area contributed by atoms with Gasteiger partial charge in [-0.1, -0.05) is 6.07 Å². The maximum atomic E-state index is 12.6. The van der Waals surface area contributed by atoms with E-state index in [2.05, 4.69) is 0 Å². The molecule has 26 heavy (non-hydrogen) atoms. The van der Waals surface area contributed by atoms with Crippen molar-refractivity contribution < 1.29 is 28.9 Å². The van der Waals surface area contributed by atoms with Crippen LogP contribution in [0.15, 0.2) is 29.5 Å². The predicted molar refractivity (Wildman–Crippen MR) is 93.3 cm³/mol. The lowest BCUT2D eigenvalue weighted by Crippen LogP contribution is -2.37. The Morgan fingerprint density at radius 2 is 2.04 bits per heavy atom. The molecule has 2 aliphatic rings. The van der Waals surface area contributed by atoms with E-state index in [9.17, 15) is 14.7 Å². The van der Waals surface area contributed by atoms with Crippen LogP contribution in [0.25, 0.3) is 0 Å². The minimum absolute atomic E-state index is 0.0966. The molecule has 2 heterocycles. The largest absolute Gasteiger partial charge is 0.503 e. The molecule has 1 N–H and O–H groups in total. The van der Waals surface area contributed by atoms with Crippen LogP contribution < -0.4 is 9.47 Å². The molecule has 7 nitrogen and oxygen atoms in total. The van der Waals surface area contributed by atoms with Gasteiger partial charge < -0.3 is 24.2 Å². The second-order valence-electron chi connectivity index (χ2n) is 6.43. The maximum Gasteiger partial charge on any atom is 0.290 e. The van der Waals surface area contributed by atoms with Gasteiger partial charge in [-0.15, -0.1) is 0 Å². The Kier molecular flexibility index (Phi) is 5.18. The number of aliphatic hydroxyl groups is 1. The Morgan fingerprint density at radius 3 is 2.62 bits per heavy atom. The predicted octanol–water partition coefficient (Wildman–Crippen LogP) is 2.17. The van der Waals surface area contributed by atoms with Crippen LogP contribution in [0, 0.1) is 0 Å². The van der Waals surface area contributed by atoms with E-state index in [1.54, 1.807) is 18.2 Å². The summed E-state index contributed by atoms with van der Waals surface area (Å²) < 4.78 is 16.2. The molecule has 0 unspecified atom stereocenters. The van der Waals surface area contributed by atoms with Gasteiger partial charge in [0.1, 0.15) is 0 Å². The molecule has 3 rings (SSSR count). The number of nitrogens with zero attached hydrogens (tertiary/aromatic N) is 1. The van der Waals surface area contributed by atoms with E-state index >= 15 is 0 Å². The second-order valence-corrected chi connectivity index (χ2v) is 6.43. The molecule has 0 bridgehead atoms. The summed E-state index contributed by atoms with van der Waals surface area (Å²) in [7, 11) is 3.05. The van der Waals surface area contributed by atoms with Crippen LogP contribution in [0.1, 0.15) is 31.4 Å². The first kappa shape index (κ1) is 18.3. The van der Waals surface area contributed by atoms with Gasteiger partial charge in [-0.2, -0.15) is 0 Å². The van der Waals surface area contributed by atoms with Crippen molar-refractivity contribution in [1.82, 2.24) is 4.90 Å². The van der Waals surface area contributed by atoms with Crippen molar-refractivity contribution in [2.75, 3.05) is 27.4 Å². The van der Waals surface area contributed by atoms with Gasteiger partial charge in [0.2, 0.25) is 0 Å². The zero-order valence-corrected chi connectivity index (χ0v) is 15.2. The number of ketones is 1. The van der Waals surface area contributed by atoms with Crippen molar-refractivity contribution in [3.05, 3.63) is 35.1 Å². The molecular formula is C19H23NO6. The van der Waals surface area contributed by atoms with Crippen LogP contribution in [0.2, 0.25) is 0 Å². The Labute approximate surface area is 152 Å². The van der Waals surface area contributed by atoms with Gasteiger partial charge in [-0.25, -0.2) is 0 Å². The molecule has 1 saturated heterocycles. The average Bonchev–Trinajstić information content (AvgIpc) is 3.23. The lowest BCUT2D eigenvalue weighted by atomic mass is 9.96. The monoisotopic (exact) mass is 361 g/mol. The molecule has 0 radical (unpaired) electrons. The normalized spacial score (nSPS) is 22.9. The van der Waals surface area contributed by atoms with Crippen molar-refractivity contribution >= 4 is 11.7 Å². The highest BCUT2D eigenvalue weighted by molar-refractivity contribution is 6.08. The topological polar surface area (TPSA) is 85.3 Å². The molecule has 0 aliphatic carbocycles. The first-order valence-corrected chi connectivity index (χ1v) is 8.56. The molecule has 7 heteroatoms. The molecule has 1 aromatic rings. The van der Waals surface area contributed by atoms with Gasteiger partial charge in [-0.3, -0.25) is 9.59 Å². The summed E-state index contributed by atoms with van der Waals surface area (Å²) in [5.74, 6) is -0.348. The Balaban J connectivity index is 2.02. The van der Waals surface area contributed by atoms with Gasteiger partial charge in [-0.05, 0) is 37.5 Å². The molecule has 1 fully saturated rings. The highest BCUT2D eigenvalue weighted by Gasteiger charge is 2.43. The van der Waals surface area contributed by atoms with E-state index < -0.39 is 17.7 Å². The first-order chi connectivity index (χ1) is 12.5. The number of amides is 1. The fraction of sp³-hybridized carbons (Fsp3) is 0.474. The highest BCUT2D eigenvalue weighted by Crippen LogP contribution is 2.41. The molecule has 2 atom stereocenters. The van der Waals surface area contributed by atoms with Crippen molar-refractivity contribution in [2.45, 2.75) is 31.9 Å². The number of aliphatic hydroxyl groups excluding tert-OH is 1. The van der Waals surface area contributed by atoms with Crippen LogP contribution in [0.4, 0.5) is 0 Å². The van der Waals surface area contributed by atoms with Crippen LogP contribution in [-0.4, -0.2) is 55.2 Å². The number of hydrogen-bond donors (Lipinski definition) is 1. The SMILES string of the molecule is COc1ccc([C@H]2C(C(C)=O)=C(O)C(=O)N2C[C@@H]2CCCO2)cc1OC. The number of rotatable bonds is 6. The summed E-state index contributed by atoms with van der Waals surface area (Å²) in [5.41, 5.74) is 0.767. The van der Waals surface area contributed by atoms with Crippen LogP contribution >= 0.6 is 0 Å². The molecule has 0 saturated carbocycles. The van der Waals surface area contributed by atoms with E-state index in [1.807, 2.05) is 0 Å². The third-order valence-corrected chi connectivity index (χ3v) is 4.83. The lowest BCUT2D eigenvalue weighted by molar-refractivity contribution is -0.131. The third-order valence-electron chi connectivity index (χ3n) is 4.83. The van der Waals surface area contributed by atoms with Gasteiger partial charge >= 0.3 is 0 Å². The zero-order valence-electron chi connectivity index (χ0n) is 15.2. The van der Waals surface area contributed by atoms with Crippen LogP contribution in [0.3, 0.4) is 0 Å². The second kappa shape index (κ2) is 7.37. The molecule has 140 valence electrons. The number of carbonyl (C=O) groups excluding carboxylic acids is 2. The maximum absolute atomic E-state index is 12.6. The Bertz CT molecular complexity index is 750. The zero-order chi connectivity index (χ0) is 18.8. The van der Waals surface area contributed by atoms with E-state index in [0.29, 0.717) is 30.2 Å². The molecular weight excluding hydrogens is 338 g/mol. The standard InChI is InChI=1S/C19H23NO6/c1-11(21)16-17(12-6-7-14(24-2)15(9-12)25-3)20(19(23)18(16)22)10-13-5-4-8-26-13/h6-7,9,13,17,22H,4-5,8,10H2,1-3H3/t13-,17-/m0/s1. The Hall–Kier alpha value is -2.54. The van der Waals surface area contributed by atoms with Crippen LogP contribution in [0.5, 0.6) is 11.5 Å². The van der Waals surface area contributed by atoms with Crippen LogP contribution in [-0.2, 0) is 14.3 Å². The third kappa shape index (κ3) is 3.14. The van der Waals surface area contributed by atoms with Crippen molar-refractivity contribution in [1.29, 1.82) is 0 Å². The molecule has 2 aliphatic heterocycles. The van der Waals surface area contributed by atoms with Crippen molar-refractivity contribution in [3.8, 4) is 11.5 Å². The van der Waals surface area contributed by atoms with Gasteiger partial charge in [0, 0.05) is 13.2 Å². The average molecular weight is 361 g/mol. The van der Waals surface area contributed by atoms with E-state index in [4.69, 9.17) is 14.2 Å². The fourth-order valence-corrected chi connectivity index (χ4v) is 3.58. The minimum Gasteiger partial charge on any atom is -0.503 e. The summed E-state index contributed by atoms with van der Waals surface area (Å²) >= 11 is 0. The summed E-state index contributed by atoms with van der Waals surface area (Å²) in [6.07, 6.45) is 1.69. The smallest absolute Gasteiger partial charge is 0.290 e. The minimum atomic E-state index is -0.677. The summed E-state index contributed by atoms with van der Waals surface area (Å²) in [6, 6.07) is 4.53. The fourth-order valence-electron chi connectivity index (χ4n) is 3.58. The molecule has 1 amide bonds. The van der Waals surface area contributed by atoms with E-state index in [1.165, 1.54) is 26.0 Å². The Morgan fingerprint density at radius 1 is 1.31 bits per heavy atom. The number of methoxy groups -OCH3 is 2. The van der Waals surface area contributed by atoms with Gasteiger partial charge in [0.15, 0.2) is 23.0 Å². The number of hydrogen-bond acceptors (Lipinski definition) is 6. The summed E-state index contributed by atoms with van der Waals surface area (Å²) in [6.45, 7) is 2.33. The van der Waals surface area contributed by atoms with Crippen molar-refractivity contribution in [2.24, 2.45) is 0 Å². The van der Waals surface area contributed by atoms with Gasteiger partial charge in [0.25, 0.3) is 5.91 Å².